The van der Waals surface area contributed by atoms with Gasteiger partial charge in [-0.1, -0.05) is 13.0 Å². The molecule has 0 aromatic carbocycles. The molecule has 86 valence electrons. The first-order valence-corrected chi connectivity index (χ1v) is 4.88. The van der Waals surface area contributed by atoms with E-state index in [9.17, 15) is 9.59 Å². The lowest BCUT2D eigenvalue weighted by Crippen LogP contribution is -2.41. The van der Waals surface area contributed by atoms with Crippen molar-refractivity contribution < 1.29 is 14.7 Å². The fourth-order valence-corrected chi connectivity index (χ4v) is 1.25. The third-order valence-electron chi connectivity index (χ3n) is 2.11. The second-order valence-electron chi connectivity index (χ2n) is 3.24. The van der Waals surface area contributed by atoms with Crippen LogP contribution in [0, 0.1) is 5.92 Å². The highest BCUT2D eigenvalue weighted by molar-refractivity contribution is 5.83. The van der Waals surface area contributed by atoms with Crippen molar-refractivity contribution in [3.05, 3.63) is 12.7 Å². The number of carboxylic acids is 1. The van der Waals surface area contributed by atoms with Crippen LogP contribution in [0.1, 0.15) is 13.3 Å². The van der Waals surface area contributed by atoms with E-state index in [0.717, 1.165) is 0 Å². The van der Waals surface area contributed by atoms with Crippen LogP contribution in [0.25, 0.3) is 0 Å². The molecule has 15 heavy (non-hydrogen) atoms. The molecule has 0 saturated heterocycles. The molecule has 5 nitrogen and oxygen atoms in total. The summed E-state index contributed by atoms with van der Waals surface area (Å²) in [5.74, 6) is -1.55. The average molecular weight is 214 g/mol. The molecular weight excluding hydrogens is 196 g/mol. The Hall–Kier alpha value is -1.36. The van der Waals surface area contributed by atoms with Crippen LogP contribution in [0.5, 0.6) is 0 Å². The molecule has 5 heteroatoms. The summed E-state index contributed by atoms with van der Waals surface area (Å²) >= 11 is 0. The minimum atomic E-state index is -1.03. The monoisotopic (exact) mass is 214 g/mol. The molecule has 0 aromatic rings. The Morgan fingerprint density at radius 3 is 2.53 bits per heavy atom. The number of amides is 1. The summed E-state index contributed by atoms with van der Waals surface area (Å²) in [6.07, 6.45) is 2.12. The van der Waals surface area contributed by atoms with E-state index >= 15 is 0 Å². The number of aliphatic carboxylic acids is 1. The van der Waals surface area contributed by atoms with Crippen LogP contribution in [-0.2, 0) is 9.59 Å². The molecule has 1 atom stereocenters. The van der Waals surface area contributed by atoms with Crippen molar-refractivity contribution in [3.63, 3.8) is 0 Å². The molecule has 3 N–H and O–H groups in total. The van der Waals surface area contributed by atoms with Gasteiger partial charge >= 0.3 is 5.97 Å². The van der Waals surface area contributed by atoms with Gasteiger partial charge in [-0.3, -0.25) is 9.59 Å². The predicted octanol–water partition coefficient (Wildman–Crippen LogP) is 0.0705. The van der Waals surface area contributed by atoms with Crippen molar-refractivity contribution in [2.75, 3.05) is 19.6 Å². The molecular formula is C10H18N2O3. The molecule has 0 bridgehead atoms. The Morgan fingerprint density at radius 1 is 1.60 bits per heavy atom. The molecule has 0 aliphatic rings. The highest BCUT2D eigenvalue weighted by Gasteiger charge is 2.22. The number of carbonyl (C=O) groups excluding carboxylic acids is 1. The van der Waals surface area contributed by atoms with Crippen LogP contribution in [0.4, 0.5) is 0 Å². The number of carboxylic acid groups (broad SMARTS) is 1. The lowest BCUT2D eigenvalue weighted by molar-refractivity contribution is -0.145. The van der Waals surface area contributed by atoms with Crippen LogP contribution >= 0.6 is 0 Å². The number of nitrogens with two attached hydrogens (primary N) is 1. The van der Waals surface area contributed by atoms with Gasteiger partial charge in [-0.05, 0) is 6.42 Å². The van der Waals surface area contributed by atoms with Gasteiger partial charge in [0.05, 0.1) is 5.92 Å². The largest absolute Gasteiger partial charge is 0.480 e. The summed E-state index contributed by atoms with van der Waals surface area (Å²) in [7, 11) is 0. The van der Waals surface area contributed by atoms with Gasteiger partial charge < -0.3 is 15.7 Å². The minimum absolute atomic E-state index is 0.220. The van der Waals surface area contributed by atoms with E-state index in [1.54, 1.807) is 0 Å². The lowest BCUT2D eigenvalue weighted by atomic mass is 10.1. The second kappa shape index (κ2) is 7.00. The Labute approximate surface area is 89.6 Å². The average Bonchev–Trinajstić information content (AvgIpc) is 2.18. The van der Waals surface area contributed by atoms with Gasteiger partial charge in [0.2, 0.25) is 5.91 Å². The van der Waals surface area contributed by atoms with E-state index in [1.165, 1.54) is 11.0 Å². The number of hydrogen-bond acceptors (Lipinski definition) is 3. The maximum absolute atomic E-state index is 11.8. The van der Waals surface area contributed by atoms with Crippen LogP contribution < -0.4 is 5.73 Å². The van der Waals surface area contributed by atoms with Gasteiger partial charge in [-0.2, -0.15) is 0 Å². The second-order valence-corrected chi connectivity index (χ2v) is 3.24. The van der Waals surface area contributed by atoms with Gasteiger partial charge in [-0.15, -0.1) is 6.58 Å². The van der Waals surface area contributed by atoms with E-state index in [-0.39, 0.29) is 31.5 Å². The Bertz CT molecular complexity index is 237. The molecule has 0 radical (unpaired) electrons. The zero-order chi connectivity index (χ0) is 11.8. The smallest absolute Gasteiger partial charge is 0.323 e. The highest BCUT2D eigenvalue weighted by Crippen LogP contribution is 2.06. The number of hydrogen-bond donors (Lipinski definition) is 2. The molecule has 0 spiro atoms. The molecule has 0 rings (SSSR count). The van der Waals surface area contributed by atoms with Crippen LogP contribution in [0.15, 0.2) is 12.7 Å². The van der Waals surface area contributed by atoms with E-state index < -0.39 is 5.97 Å². The van der Waals surface area contributed by atoms with Gasteiger partial charge in [0, 0.05) is 13.1 Å². The molecule has 0 saturated carbocycles. The maximum Gasteiger partial charge on any atom is 0.323 e. The maximum atomic E-state index is 11.8. The first-order chi connectivity index (χ1) is 7.06. The predicted molar refractivity (Wildman–Crippen MR) is 57.2 cm³/mol. The summed E-state index contributed by atoms with van der Waals surface area (Å²) in [5.41, 5.74) is 5.43. The van der Waals surface area contributed by atoms with Gasteiger partial charge in [0.25, 0.3) is 0 Å². The first kappa shape index (κ1) is 13.6. The summed E-state index contributed by atoms with van der Waals surface area (Å²) in [6, 6.07) is 0. The summed E-state index contributed by atoms with van der Waals surface area (Å²) in [4.78, 5) is 23.5. The van der Waals surface area contributed by atoms with Crippen LogP contribution in [0.2, 0.25) is 0 Å². The van der Waals surface area contributed by atoms with Gasteiger partial charge in [-0.25, -0.2) is 0 Å². The molecule has 0 fully saturated rings. The van der Waals surface area contributed by atoms with E-state index in [2.05, 4.69) is 6.58 Å². The summed E-state index contributed by atoms with van der Waals surface area (Å²) in [5, 5.41) is 8.63. The van der Waals surface area contributed by atoms with Crippen molar-refractivity contribution in [1.82, 2.24) is 4.90 Å². The highest BCUT2D eigenvalue weighted by atomic mass is 16.4. The number of nitrogens with zero attached hydrogens (tertiary/aromatic N) is 1. The molecule has 0 aromatic heterocycles. The normalized spacial score (nSPS) is 11.9. The fraction of sp³-hybridized carbons (Fsp3) is 0.600. The SMILES string of the molecule is C=CCN(CC(=O)O)C(=O)C(CC)CN. The van der Waals surface area contributed by atoms with E-state index in [4.69, 9.17) is 10.8 Å². The zero-order valence-corrected chi connectivity index (χ0v) is 8.98. The van der Waals surface area contributed by atoms with Crippen LogP contribution in [0.3, 0.4) is 0 Å². The lowest BCUT2D eigenvalue weighted by Gasteiger charge is -2.23. The van der Waals surface area contributed by atoms with Gasteiger partial charge in [0.15, 0.2) is 0 Å². The molecule has 0 aliphatic heterocycles. The summed E-state index contributed by atoms with van der Waals surface area (Å²) in [6.45, 7) is 5.50. The van der Waals surface area contributed by atoms with Crippen molar-refractivity contribution in [3.8, 4) is 0 Å². The molecule has 0 heterocycles. The minimum Gasteiger partial charge on any atom is -0.480 e. The Morgan fingerprint density at radius 2 is 2.20 bits per heavy atom. The van der Waals surface area contributed by atoms with Gasteiger partial charge in [0.1, 0.15) is 6.54 Å². The summed E-state index contributed by atoms with van der Waals surface area (Å²) < 4.78 is 0. The molecule has 0 aliphatic carbocycles. The van der Waals surface area contributed by atoms with Crippen molar-refractivity contribution in [2.24, 2.45) is 11.7 Å². The van der Waals surface area contributed by atoms with Crippen molar-refractivity contribution >= 4 is 11.9 Å². The number of carbonyl (C=O) groups is 2. The van der Waals surface area contributed by atoms with Crippen LogP contribution in [-0.4, -0.2) is 41.5 Å². The fourth-order valence-electron chi connectivity index (χ4n) is 1.25. The third-order valence-corrected chi connectivity index (χ3v) is 2.11. The number of rotatable bonds is 7. The molecule has 1 amide bonds. The van der Waals surface area contributed by atoms with E-state index in [1.807, 2.05) is 6.92 Å². The van der Waals surface area contributed by atoms with E-state index in [0.29, 0.717) is 6.42 Å². The topological polar surface area (TPSA) is 83.6 Å². The first-order valence-electron chi connectivity index (χ1n) is 4.88. The standard InChI is InChI=1S/C10H18N2O3/c1-3-5-12(7-9(13)14)10(15)8(4-2)6-11/h3,8H,1,4-7,11H2,2H3,(H,13,14). The third kappa shape index (κ3) is 4.60. The van der Waals surface area contributed by atoms with Crippen molar-refractivity contribution in [1.29, 1.82) is 0 Å². The Balaban J connectivity index is 4.51. The molecule has 1 unspecified atom stereocenters. The van der Waals surface area contributed by atoms with Crippen molar-refractivity contribution in [2.45, 2.75) is 13.3 Å². The quantitative estimate of drug-likeness (QED) is 0.587. The zero-order valence-electron chi connectivity index (χ0n) is 8.98. The Kier molecular flexibility index (Phi) is 6.37.